The van der Waals surface area contributed by atoms with Gasteiger partial charge in [-0.1, -0.05) is 12.1 Å². The number of rotatable bonds is 5. The van der Waals surface area contributed by atoms with E-state index in [1.807, 2.05) is 48.7 Å². The average molecular weight is 325 g/mol. The van der Waals surface area contributed by atoms with E-state index in [1.165, 1.54) is 0 Å². The minimum atomic E-state index is -0.257. The molecule has 1 aromatic carbocycles. The lowest BCUT2D eigenvalue weighted by atomic mass is 10.3. The summed E-state index contributed by atoms with van der Waals surface area (Å²) < 4.78 is 12.7. The SMILES string of the molecule is COc1ccccc1OCC(=O)Nc1cccn2c(C)c(C)nc12. The molecule has 1 amide bonds. The summed E-state index contributed by atoms with van der Waals surface area (Å²) in [5.74, 6) is 0.861. The summed E-state index contributed by atoms with van der Waals surface area (Å²) in [4.78, 5) is 16.7. The smallest absolute Gasteiger partial charge is 0.262 e. The maximum Gasteiger partial charge on any atom is 0.262 e. The largest absolute Gasteiger partial charge is 0.493 e. The number of pyridine rings is 1. The van der Waals surface area contributed by atoms with Crippen molar-refractivity contribution in [1.82, 2.24) is 9.38 Å². The van der Waals surface area contributed by atoms with E-state index in [1.54, 1.807) is 19.2 Å². The lowest BCUT2D eigenvalue weighted by Crippen LogP contribution is -2.20. The number of ether oxygens (including phenoxy) is 2. The van der Waals surface area contributed by atoms with E-state index < -0.39 is 0 Å². The quantitative estimate of drug-likeness (QED) is 0.783. The molecule has 6 heteroatoms. The molecule has 3 aromatic rings. The van der Waals surface area contributed by atoms with Crippen LogP contribution in [0.25, 0.3) is 5.65 Å². The summed E-state index contributed by atoms with van der Waals surface area (Å²) in [5.41, 5.74) is 3.36. The van der Waals surface area contributed by atoms with Crippen LogP contribution in [-0.2, 0) is 4.79 Å². The van der Waals surface area contributed by atoms with Gasteiger partial charge in [0.1, 0.15) is 0 Å². The summed E-state index contributed by atoms with van der Waals surface area (Å²) in [6.45, 7) is 3.82. The molecule has 0 aliphatic carbocycles. The van der Waals surface area contributed by atoms with E-state index in [2.05, 4.69) is 10.3 Å². The highest BCUT2D eigenvalue weighted by atomic mass is 16.5. The van der Waals surface area contributed by atoms with Crippen molar-refractivity contribution in [2.75, 3.05) is 19.0 Å². The summed E-state index contributed by atoms with van der Waals surface area (Å²) in [5, 5.41) is 2.85. The number of hydrogen-bond donors (Lipinski definition) is 1. The first-order chi connectivity index (χ1) is 11.6. The van der Waals surface area contributed by atoms with Gasteiger partial charge in [0.15, 0.2) is 23.8 Å². The Morgan fingerprint density at radius 1 is 1.17 bits per heavy atom. The number of aryl methyl sites for hydroxylation is 2. The first-order valence-electron chi connectivity index (χ1n) is 7.60. The molecular formula is C18H19N3O3. The molecule has 6 nitrogen and oxygen atoms in total. The van der Waals surface area contributed by atoms with Crippen LogP contribution in [0.15, 0.2) is 42.6 Å². The number of fused-ring (bicyclic) bond motifs is 1. The summed E-state index contributed by atoms with van der Waals surface area (Å²) in [6, 6.07) is 10.9. The topological polar surface area (TPSA) is 64.9 Å². The van der Waals surface area contributed by atoms with E-state index in [4.69, 9.17) is 9.47 Å². The van der Waals surface area contributed by atoms with E-state index in [0.717, 1.165) is 17.0 Å². The molecule has 0 bridgehead atoms. The van der Waals surface area contributed by atoms with Gasteiger partial charge in [0.2, 0.25) is 0 Å². The van der Waals surface area contributed by atoms with Crippen LogP contribution in [0.3, 0.4) is 0 Å². The van der Waals surface area contributed by atoms with E-state index in [9.17, 15) is 4.79 Å². The molecule has 2 aromatic heterocycles. The van der Waals surface area contributed by atoms with Crippen LogP contribution in [0.1, 0.15) is 11.4 Å². The van der Waals surface area contributed by atoms with Gasteiger partial charge in [-0.15, -0.1) is 0 Å². The number of amides is 1. The van der Waals surface area contributed by atoms with Crippen LogP contribution >= 0.6 is 0 Å². The Bertz CT molecular complexity index is 886. The highest BCUT2D eigenvalue weighted by Gasteiger charge is 2.12. The molecule has 0 radical (unpaired) electrons. The number of carbonyl (C=O) groups is 1. The van der Waals surface area contributed by atoms with Gasteiger partial charge in [0.25, 0.3) is 5.91 Å². The number of nitrogens with zero attached hydrogens (tertiary/aromatic N) is 2. The van der Waals surface area contributed by atoms with Gasteiger partial charge in [-0.3, -0.25) is 4.79 Å². The number of para-hydroxylation sites is 2. The van der Waals surface area contributed by atoms with Gasteiger partial charge < -0.3 is 19.2 Å². The number of methoxy groups -OCH3 is 1. The third-order valence-corrected chi connectivity index (χ3v) is 3.83. The van der Waals surface area contributed by atoms with Crippen molar-refractivity contribution < 1.29 is 14.3 Å². The van der Waals surface area contributed by atoms with Gasteiger partial charge in [-0.05, 0) is 38.1 Å². The second kappa shape index (κ2) is 6.62. The number of nitrogens with one attached hydrogen (secondary N) is 1. The van der Waals surface area contributed by atoms with Crippen LogP contribution in [0.5, 0.6) is 11.5 Å². The second-order valence-electron chi connectivity index (χ2n) is 5.39. The highest BCUT2D eigenvalue weighted by Crippen LogP contribution is 2.25. The molecule has 0 spiro atoms. The average Bonchev–Trinajstić information content (AvgIpc) is 2.89. The summed E-state index contributed by atoms with van der Waals surface area (Å²) >= 11 is 0. The van der Waals surface area contributed by atoms with Gasteiger partial charge in [-0.2, -0.15) is 0 Å². The molecule has 1 N–H and O–H groups in total. The number of carbonyl (C=O) groups excluding carboxylic acids is 1. The number of benzene rings is 1. The fourth-order valence-corrected chi connectivity index (χ4v) is 2.46. The Kier molecular flexibility index (Phi) is 4.37. The first-order valence-corrected chi connectivity index (χ1v) is 7.60. The fourth-order valence-electron chi connectivity index (χ4n) is 2.46. The molecule has 0 saturated carbocycles. The highest BCUT2D eigenvalue weighted by molar-refractivity contribution is 5.95. The van der Waals surface area contributed by atoms with Crippen molar-refractivity contribution in [1.29, 1.82) is 0 Å². The number of anilines is 1. The zero-order chi connectivity index (χ0) is 17.1. The Labute approximate surface area is 140 Å². The molecule has 0 atom stereocenters. The molecule has 24 heavy (non-hydrogen) atoms. The van der Waals surface area contributed by atoms with Crippen molar-refractivity contribution in [3.05, 3.63) is 54.0 Å². The van der Waals surface area contributed by atoms with Gasteiger partial charge >= 0.3 is 0 Å². The minimum Gasteiger partial charge on any atom is -0.493 e. The fraction of sp³-hybridized carbons (Fsp3) is 0.222. The molecule has 0 saturated heterocycles. The van der Waals surface area contributed by atoms with E-state index >= 15 is 0 Å². The molecule has 0 fully saturated rings. The zero-order valence-corrected chi connectivity index (χ0v) is 13.9. The number of aromatic nitrogens is 2. The van der Waals surface area contributed by atoms with Crippen molar-refractivity contribution in [3.63, 3.8) is 0 Å². The van der Waals surface area contributed by atoms with Crippen molar-refractivity contribution in [3.8, 4) is 11.5 Å². The Morgan fingerprint density at radius 2 is 1.92 bits per heavy atom. The normalized spacial score (nSPS) is 10.6. The van der Waals surface area contributed by atoms with Crippen molar-refractivity contribution in [2.45, 2.75) is 13.8 Å². The Balaban J connectivity index is 1.73. The van der Waals surface area contributed by atoms with E-state index in [0.29, 0.717) is 17.2 Å². The van der Waals surface area contributed by atoms with Gasteiger partial charge in [-0.25, -0.2) is 4.98 Å². The second-order valence-corrected chi connectivity index (χ2v) is 5.39. The maximum atomic E-state index is 12.2. The van der Waals surface area contributed by atoms with Crippen molar-refractivity contribution >= 4 is 17.2 Å². The monoisotopic (exact) mass is 325 g/mol. The molecule has 0 aliphatic rings. The molecule has 0 unspecified atom stereocenters. The molecule has 3 rings (SSSR count). The number of imidazole rings is 1. The zero-order valence-electron chi connectivity index (χ0n) is 13.9. The first kappa shape index (κ1) is 15.9. The minimum absolute atomic E-state index is 0.111. The van der Waals surface area contributed by atoms with Crippen LogP contribution in [0.4, 0.5) is 5.69 Å². The van der Waals surface area contributed by atoms with Gasteiger partial charge in [0.05, 0.1) is 18.5 Å². The molecule has 124 valence electrons. The molecular weight excluding hydrogens is 306 g/mol. The lowest BCUT2D eigenvalue weighted by Gasteiger charge is -2.11. The maximum absolute atomic E-state index is 12.2. The van der Waals surface area contributed by atoms with Crippen LogP contribution in [0.2, 0.25) is 0 Å². The predicted molar refractivity (Wildman–Crippen MR) is 91.8 cm³/mol. The lowest BCUT2D eigenvalue weighted by molar-refractivity contribution is -0.118. The summed E-state index contributed by atoms with van der Waals surface area (Å²) in [6.07, 6.45) is 1.92. The van der Waals surface area contributed by atoms with Crippen LogP contribution in [0, 0.1) is 13.8 Å². The summed E-state index contributed by atoms with van der Waals surface area (Å²) in [7, 11) is 1.56. The molecule has 2 heterocycles. The number of hydrogen-bond acceptors (Lipinski definition) is 4. The van der Waals surface area contributed by atoms with Crippen LogP contribution < -0.4 is 14.8 Å². The third kappa shape index (κ3) is 3.03. The standard InChI is InChI=1S/C18H19N3O3/c1-12-13(2)21-10-6-7-14(18(21)19-12)20-17(22)11-24-16-9-5-4-8-15(16)23-3/h4-10H,11H2,1-3H3,(H,20,22). The predicted octanol–water partition coefficient (Wildman–Crippen LogP) is 2.98. The van der Waals surface area contributed by atoms with E-state index in [-0.39, 0.29) is 12.5 Å². The third-order valence-electron chi connectivity index (χ3n) is 3.83. The van der Waals surface area contributed by atoms with Crippen molar-refractivity contribution in [2.24, 2.45) is 0 Å². The Morgan fingerprint density at radius 3 is 2.67 bits per heavy atom. The Hall–Kier alpha value is -3.02. The van der Waals surface area contributed by atoms with Gasteiger partial charge in [0, 0.05) is 11.9 Å². The molecule has 0 aliphatic heterocycles. The van der Waals surface area contributed by atoms with Crippen LogP contribution in [-0.4, -0.2) is 29.0 Å².